The second kappa shape index (κ2) is 13.6. The number of hydrogen-bond acceptors (Lipinski definition) is 6. The number of thiol groups is 1. The van der Waals surface area contributed by atoms with Crippen LogP contribution < -0.4 is 10.6 Å². The number of nitrogens with zero attached hydrogens (tertiary/aromatic N) is 1. The number of carbonyl (C=O) groups is 4. The highest BCUT2D eigenvalue weighted by Gasteiger charge is 2.38. The third-order valence-electron chi connectivity index (χ3n) is 9.54. The Balaban J connectivity index is 1.67. The average molecular weight is 625 g/mol. The van der Waals surface area contributed by atoms with Crippen molar-refractivity contribution >= 4 is 48.2 Å². The smallest absolute Gasteiger partial charge is 0.303 e. The molecule has 1 fully saturated rings. The second-order valence-corrected chi connectivity index (χ2v) is 13.1. The first-order valence-electron chi connectivity index (χ1n) is 15.4. The number of aliphatic imine (C=N–C) groups is 1. The summed E-state index contributed by atoms with van der Waals surface area (Å²) < 4.78 is 0. The van der Waals surface area contributed by atoms with E-state index in [0.717, 1.165) is 56.3 Å². The largest absolute Gasteiger partial charge is 0.481 e. The number of amides is 2. The fourth-order valence-electron chi connectivity index (χ4n) is 6.98. The van der Waals surface area contributed by atoms with Gasteiger partial charge in [-0.2, -0.15) is 12.6 Å². The summed E-state index contributed by atoms with van der Waals surface area (Å²) in [5.41, 5.74) is 8.66. The Bertz CT molecular complexity index is 1500. The van der Waals surface area contributed by atoms with Gasteiger partial charge in [0.15, 0.2) is 0 Å². The van der Waals surface area contributed by atoms with E-state index in [1.165, 1.54) is 0 Å². The molecule has 3 aliphatic rings. The fraction of sp³-hybridized carbons (Fsp3) is 0.545. The van der Waals surface area contributed by atoms with Crippen molar-refractivity contribution in [3.8, 4) is 0 Å². The lowest BCUT2D eigenvalue weighted by atomic mass is 9.87. The number of aromatic nitrogens is 1. The van der Waals surface area contributed by atoms with Gasteiger partial charge in [0.1, 0.15) is 0 Å². The molecule has 1 aromatic rings. The molecule has 0 bridgehead atoms. The molecule has 5 atom stereocenters. The Hall–Kier alpha value is -3.60. The maximum atomic E-state index is 12.5. The van der Waals surface area contributed by atoms with E-state index < -0.39 is 11.9 Å². The Morgan fingerprint density at radius 3 is 2.39 bits per heavy atom. The Kier molecular flexibility index (Phi) is 10.3. The lowest BCUT2D eigenvalue weighted by Gasteiger charge is -2.22. The van der Waals surface area contributed by atoms with Gasteiger partial charge in [-0.1, -0.05) is 20.8 Å². The van der Waals surface area contributed by atoms with Crippen LogP contribution in [0.15, 0.2) is 33.1 Å². The zero-order valence-corrected chi connectivity index (χ0v) is 27.2. The van der Waals surface area contributed by atoms with E-state index >= 15 is 0 Å². The van der Waals surface area contributed by atoms with Gasteiger partial charge in [-0.3, -0.25) is 19.2 Å². The number of rotatable bonds is 13. The number of hydrogen-bond donors (Lipinski definition) is 6. The molecular formula is C33H44N4O6S. The highest BCUT2D eigenvalue weighted by Crippen LogP contribution is 2.37. The number of nitrogens with one attached hydrogen (secondary N) is 3. The summed E-state index contributed by atoms with van der Waals surface area (Å²) in [5.74, 6) is -2.37. The quantitative estimate of drug-likeness (QED) is 0.173. The van der Waals surface area contributed by atoms with Crippen LogP contribution in [0.2, 0.25) is 0 Å². The SMILES string of the molecule is CCC1=C(C)C(CC2=C(C)C(CCC(=O)O)[C@H](Cc3[nH]c(/C=C4\NC(=O)[C@H](C)[C@H]4[C@@H](C)S)c(C)c3CCC(=O)O)N2)=NC1=O. The predicted octanol–water partition coefficient (Wildman–Crippen LogP) is 4.75. The molecule has 1 unspecified atom stereocenters. The summed E-state index contributed by atoms with van der Waals surface area (Å²) in [6.07, 6.45) is 4.29. The number of H-pyrrole nitrogens is 1. The van der Waals surface area contributed by atoms with Crippen molar-refractivity contribution in [3.63, 3.8) is 0 Å². The molecule has 3 aliphatic heterocycles. The summed E-state index contributed by atoms with van der Waals surface area (Å²) >= 11 is 4.63. The van der Waals surface area contributed by atoms with E-state index in [9.17, 15) is 29.4 Å². The molecule has 4 heterocycles. The van der Waals surface area contributed by atoms with Crippen LogP contribution in [-0.4, -0.2) is 56.0 Å². The minimum absolute atomic E-state index is 0.0139. The van der Waals surface area contributed by atoms with Crippen LogP contribution in [0, 0.1) is 24.7 Å². The van der Waals surface area contributed by atoms with Gasteiger partial charge in [0.2, 0.25) is 5.91 Å². The highest BCUT2D eigenvalue weighted by molar-refractivity contribution is 7.80. The second-order valence-electron chi connectivity index (χ2n) is 12.3. The van der Waals surface area contributed by atoms with Gasteiger partial charge in [0, 0.05) is 83.1 Å². The van der Waals surface area contributed by atoms with E-state index in [1.807, 2.05) is 47.6 Å². The first-order chi connectivity index (χ1) is 20.7. The van der Waals surface area contributed by atoms with Gasteiger partial charge in [0.05, 0.1) is 5.71 Å². The highest BCUT2D eigenvalue weighted by atomic mass is 32.1. The minimum Gasteiger partial charge on any atom is -0.481 e. The van der Waals surface area contributed by atoms with Crippen LogP contribution in [-0.2, 0) is 32.0 Å². The predicted molar refractivity (Wildman–Crippen MR) is 172 cm³/mol. The van der Waals surface area contributed by atoms with Crippen molar-refractivity contribution in [1.29, 1.82) is 0 Å². The first kappa shape index (κ1) is 33.3. The van der Waals surface area contributed by atoms with Crippen LogP contribution in [0.5, 0.6) is 0 Å². The van der Waals surface area contributed by atoms with Crippen molar-refractivity contribution in [2.45, 2.75) is 97.8 Å². The summed E-state index contributed by atoms with van der Waals surface area (Å²) in [7, 11) is 0. The summed E-state index contributed by atoms with van der Waals surface area (Å²) in [6, 6.07) is -0.143. The Labute approximate surface area is 264 Å². The van der Waals surface area contributed by atoms with E-state index in [4.69, 9.17) is 0 Å². The summed E-state index contributed by atoms with van der Waals surface area (Å²) in [5, 5.41) is 25.6. The van der Waals surface area contributed by atoms with Gasteiger partial charge in [0.25, 0.3) is 5.91 Å². The lowest BCUT2D eigenvalue weighted by molar-refractivity contribution is -0.138. The van der Waals surface area contributed by atoms with E-state index in [-0.39, 0.29) is 53.7 Å². The van der Waals surface area contributed by atoms with Gasteiger partial charge in [-0.25, -0.2) is 4.99 Å². The topological polar surface area (TPSA) is 161 Å². The minimum atomic E-state index is -0.891. The molecule has 238 valence electrons. The number of carbonyl (C=O) groups excluding carboxylic acids is 2. The Morgan fingerprint density at radius 1 is 1.11 bits per heavy atom. The monoisotopic (exact) mass is 624 g/mol. The van der Waals surface area contributed by atoms with E-state index in [0.29, 0.717) is 32.1 Å². The Morgan fingerprint density at radius 2 is 1.80 bits per heavy atom. The normalized spacial score (nSPS) is 25.2. The van der Waals surface area contributed by atoms with Crippen LogP contribution in [0.1, 0.15) is 89.2 Å². The van der Waals surface area contributed by atoms with Crippen molar-refractivity contribution < 1.29 is 29.4 Å². The number of carboxylic acid groups (broad SMARTS) is 2. The first-order valence-corrected chi connectivity index (χ1v) is 15.9. The van der Waals surface area contributed by atoms with Crippen LogP contribution in [0.25, 0.3) is 6.08 Å². The van der Waals surface area contributed by atoms with Crippen molar-refractivity contribution in [2.24, 2.45) is 22.7 Å². The molecule has 1 aromatic heterocycles. The van der Waals surface area contributed by atoms with Gasteiger partial charge in [-0.05, 0) is 68.4 Å². The van der Waals surface area contributed by atoms with Crippen LogP contribution >= 0.6 is 12.6 Å². The number of carboxylic acids is 2. The molecule has 1 saturated heterocycles. The van der Waals surface area contributed by atoms with Crippen molar-refractivity contribution in [1.82, 2.24) is 15.6 Å². The van der Waals surface area contributed by atoms with Crippen LogP contribution in [0.4, 0.5) is 0 Å². The number of allylic oxidation sites excluding steroid dienone is 3. The molecule has 0 aromatic carbocycles. The number of aliphatic carboxylic acids is 2. The molecule has 11 heteroatoms. The fourth-order valence-corrected chi connectivity index (χ4v) is 7.39. The maximum absolute atomic E-state index is 12.5. The molecule has 0 radical (unpaired) electrons. The standard InChI is InChI=1S/C33H44N4O6S/c1-7-20-15(2)25(36-33(20)43)12-23-16(3)21(8-10-29(38)39)26(34-23)14-27-22(9-11-30(40)41)17(4)24(35-27)13-28-31(19(6)44)18(5)32(42)37-28/h13,18-19,21,26,31,34-35,44H,7-12,14H2,1-6H3,(H,37,42)(H,38,39)(H,40,41)/b28-13-/t18-,19-,21?,26+,31+/m1/s1. The van der Waals surface area contributed by atoms with Crippen LogP contribution in [0.3, 0.4) is 0 Å². The molecule has 4 rings (SSSR count). The number of aromatic amines is 1. The average Bonchev–Trinajstić information content (AvgIpc) is 3.59. The van der Waals surface area contributed by atoms with Gasteiger partial charge >= 0.3 is 11.9 Å². The summed E-state index contributed by atoms with van der Waals surface area (Å²) in [4.78, 5) is 55.9. The third kappa shape index (κ3) is 6.87. The van der Waals surface area contributed by atoms with Gasteiger partial charge < -0.3 is 25.8 Å². The summed E-state index contributed by atoms with van der Waals surface area (Å²) in [6.45, 7) is 11.7. The lowest BCUT2D eigenvalue weighted by Crippen LogP contribution is -2.32. The molecule has 2 amide bonds. The molecule has 0 aliphatic carbocycles. The third-order valence-corrected chi connectivity index (χ3v) is 9.86. The zero-order valence-electron chi connectivity index (χ0n) is 26.3. The molecule has 0 spiro atoms. The van der Waals surface area contributed by atoms with Gasteiger partial charge in [-0.15, -0.1) is 0 Å². The molecule has 44 heavy (non-hydrogen) atoms. The van der Waals surface area contributed by atoms with E-state index in [2.05, 4.69) is 33.2 Å². The molecule has 0 saturated carbocycles. The molecular weight excluding hydrogens is 580 g/mol. The molecule has 10 nitrogen and oxygen atoms in total. The van der Waals surface area contributed by atoms with E-state index in [1.54, 1.807) is 0 Å². The maximum Gasteiger partial charge on any atom is 0.303 e. The molecule has 5 N–H and O–H groups in total. The van der Waals surface area contributed by atoms with Crippen molar-refractivity contribution in [2.75, 3.05) is 0 Å². The van der Waals surface area contributed by atoms with Crippen molar-refractivity contribution in [3.05, 3.63) is 50.6 Å². The zero-order chi connectivity index (χ0) is 32.5.